The Bertz CT molecular complexity index is 1640. The lowest BCUT2D eigenvalue weighted by molar-refractivity contribution is -0.118. The first kappa shape index (κ1) is 28.6. The molecule has 10 heteroatoms. The first-order chi connectivity index (χ1) is 19.6. The van der Waals surface area contributed by atoms with Crippen LogP contribution in [0.4, 0.5) is 19.0 Å². The molecule has 4 aromatic rings. The van der Waals surface area contributed by atoms with Crippen LogP contribution < -0.4 is 10.2 Å². The van der Waals surface area contributed by atoms with Crippen molar-refractivity contribution < 1.29 is 28.2 Å². The summed E-state index contributed by atoms with van der Waals surface area (Å²) >= 11 is 0. The van der Waals surface area contributed by atoms with Gasteiger partial charge in [-0.05, 0) is 49.4 Å². The fourth-order valence-corrected chi connectivity index (χ4v) is 5.52. The van der Waals surface area contributed by atoms with Gasteiger partial charge in [-0.25, -0.2) is 23.1 Å². The van der Waals surface area contributed by atoms with E-state index in [0.29, 0.717) is 59.7 Å². The number of benzene rings is 3. The number of anilines is 1. The van der Waals surface area contributed by atoms with E-state index in [9.17, 15) is 28.2 Å². The Balaban J connectivity index is 1.63. The smallest absolute Gasteiger partial charge is 0.232 e. The van der Waals surface area contributed by atoms with Crippen molar-refractivity contribution in [1.82, 2.24) is 9.97 Å². The zero-order valence-electron chi connectivity index (χ0n) is 22.6. The second-order valence-electron chi connectivity index (χ2n) is 10.1. The van der Waals surface area contributed by atoms with Crippen molar-refractivity contribution in [2.24, 2.45) is 0 Å². The van der Waals surface area contributed by atoms with Crippen LogP contribution in [-0.4, -0.2) is 32.6 Å². The summed E-state index contributed by atoms with van der Waals surface area (Å²) in [5.41, 5.74) is 3.75. The van der Waals surface area contributed by atoms with E-state index < -0.39 is 29.8 Å². The van der Waals surface area contributed by atoms with Gasteiger partial charge < -0.3 is 10.2 Å². The van der Waals surface area contributed by atoms with Crippen LogP contribution in [0.1, 0.15) is 47.0 Å². The minimum Gasteiger partial charge on any atom is -0.504 e. The molecule has 0 spiro atoms. The first-order valence-corrected chi connectivity index (χ1v) is 13.9. The third kappa shape index (κ3) is 5.26. The van der Waals surface area contributed by atoms with Gasteiger partial charge in [0, 0.05) is 35.0 Å². The Morgan fingerprint density at radius 1 is 1.00 bits per heavy atom. The molecule has 3 aromatic carbocycles. The summed E-state index contributed by atoms with van der Waals surface area (Å²) in [4.78, 5) is 25.1. The summed E-state index contributed by atoms with van der Waals surface area (Å²) in [6.07, 6.45) is 1.21. The molecule has 41 heavy (non-hydrogen) atoms. The van der Waals surface area contributed by atoms with Crippen LogP contribution in [0.25, 0.3) is 11.3 Å². The molecule has 1 unspecified atom stereocenters. The number of carbonyl (C=O) groups is 1. The highest BCUT2D eigenvalue weighted by Crippen LogP contribution is 2.41. The molecule has 1 heterocycles. The molecule has 1 atom stereocenters. The topological polar surface area (TPSA) is 86.6 Å². The maximum absolute atomic E-state index is 14.8. The fourth-order valence-electron chi connectivity index (χ4n) is 5.22. The van der Waals surface area contributed by atoms with Crippen molar-refractivity contribution in [2.45, 2.75) is 46.0 Å². The number of nitrogens with zero attached hydrogens (tertiary/aromatic N) is 3. The second kappa shape index (κ2) is 11.5. The zero-order valence-corrected chi connectivity index (χ0v) is 23.8. The normalized spacial score (nSPS) is 12.1. The van der Waals surface area contributed by atoms with Gasteiger partial charge in [-0.3, -0.25) is 9.69 Å². The third-order valence-electron chi connectivity index (χ3n) is 7.44. The quantitative estimate of drug-likeness (QED) is 0.173. The van der Waals surface area contributed by atoms with Crippen molar-refractivity contribution in [1.29, 1.82) is 0 Å². The highest BCUT2D eigenvalue weighted by molar-refractivity contribution is 7.27. The number of aryl methyl sites for hydroxylation is 1. The Labute approximate surface area is 238 Å². The van der Waals surface area contributed by atoms with Gasteiger partial charge in [0.2, 0.25) is 5.91 Å². The number of fused-ring (bicyclic) bond motifs is 3. The molecule has 0 fully saturated rings. The van der Waals surface area contributed by atoms with Crippen LogP contribution >= 0.6 is 9.24 Å². The van der Waals surface area contributed by atoms with E-state index >= 15 is 0 Å². The van der Waals surface area contributed by atoms with Gasteiger partial charge in [-0.2, -0.15) is 0 Å². The maximum Gasteiger partial charge on any atom is 0.232 e. The van der Waals surface area contributed by atoms with E-state index in [0.717, 1.165) is 5.56 Å². The number of aromatic hydroxyl groups is 2. The monoisotopic (exact) mass is 579 g/mol. The summed E-state index contributed by atoms with van der Waals surface area (Å²) in [7, 11) is 2.07. The molecule has 0 radical (unpaired) electrons. The number of phenolic OH excluding ortho intramolecular Hbond substituents is 2. The van der Waals surface area contributed by atoms with Gasteiger partial charge in [0.1, 0.15) is 0 Å². The van der Waals surface area contributed by atoms with Gasteiger partial charge in [-0.15, -0.1) is 9.24 Å². The molecule has 1 aliphatic rings. The van der Waals surface area contributed by atoms with Crippen LogP contribution in [0.15, 0.2) is 42.5 Å². The number of amides is 1. The Kier molecular flexibility index (Phi) is 8.00. The van der Waals surface area contributed by atoms with Crippen LogP contribution in [0.5, 0.6) is 11.5 Å². The Morgan fingerprint density at radius 3 is 2.44 bits per heavy atom. The number of hydrogen-bond donors (Lipinski definition) is 2. The summed E-state index contributed by atoms with van der Waals surface area (Å²) in [5.74, 6) is -4.90. The number of aromatic nitrogens is 2. The molecular formula is C31H29F3N3O3P. The number of phenols is 2. The predicted octanol–water partition coefficient (Wildman–Crippen LogP) is 5.46. The number of halogens is 3. The first-order valence-electron chi connectivity index (χ1n) is 13.3. The van der Waals surface area contributed by atoms with Crippen LogP contribution in [-0.2, 0) is 30.5 Å². The average molecular weight is 580 g/mol. The van der Waals surface area contributed by atoms with E-state index in [1.54, 1.807) is 6.07 Å². The number of rotatable bonds is 7. The van der Waals surface area contributed by atoms with Crippen LogP contribution in [0.2, 0.25) is 0 Å². The fraction of sp³-hybridized carbons (Fsp3) is 0.258. The molecule has 0 bridgehead atoms. The van der Waals surface area contributed by atoms with Gasteiger partial charge >= 0.3 is 0 Å². The van der Waals surface area contributed by atoms with Crippen LogP contribution in [0, 0.1) is 24.4 Å². The molecule has 5 rings (SSSR count). The lowest BCUT2D eigenvalue weighted by Crippen LogP contribution is -2.36. The number of carbonyl (C=O) groups excluding carboxylic acids is 1. The molecule has 0 aliphatic heterocycles. The van der Waals surface area contributed by atoms with Gasteiger partial charge in [0.05, 0.1) is 23.5 Å². The van der Waals surface area contributed by atoms with Crippen LogP contribution in [0.3, 0.4) is 0 Å². The minimum absolute atomic E-state index is 0.125. The van der Waals surface area contributed by atoms with Crippen molar-refractivity contribution in [3.63, 3.8) is 0 Å². The van der Waals surface area contributed by atoms with E-state index in [4.69, 9.17) is 9.97 Å². The van der Waals surface area contributed by atoms with Crippen molar-refractivity contribution in [3.8, 4) is 22.8 Å². The average Bonchev–Trinajstić information content (AvgIpc) is 2.98. The lowest BCUT2D eigenvalue weighted by Gasteiger charge is -2.27. The summed E-state index contributed by atoms with van der Waals surface area (Å²) in [6, 6.07) is 12.6. The van der Waals surface area contributed by atoms with Gasteiger partial charge in [0.25, 0.3) is 0 Å². The predicted molar refractivity (Wildman–Crippen MR) is 154 cm³/mol. The van der Waals surface area contributed by atoms with Gasteiger partial charge in [-0.1, -0.05) is 37.3 Å². The second-order valence-corrected chi connectivity index (χ2v) is 10.7. The highest BCUT2D eigenvalue weighted by Gasteiger charge is 2.30. The summed E-state index contributed by atoms with van der Waals surface area (Å²) in [6.45, 7) is 3.58. The standard InChI is InChI=1S/C31H29F3N3O3P/c1-3-13-37(24(39)15-20-16(2)30(41)27(34)26(33)25(20)32)31-22(14-17-7-5-4-6-8-17)35-28-18-10-12-23(38)29(40)19(18)9-11-21(28)36-31/h4-8,10,12,38,40H,3,9,11,13-15,41H2,1-2H3. The largest absolute Gasteiger partial charge is 0.504 e. The van der Waals surface area contributed by atoms with E-state index in [-0.39, 0.29) is 34.5 Å². The summed E-state index contributed by atoms with van der Waals surface area (Å²) in [5, 5.41) is 20.4. The van der Waals surface area contributed by atoms with E-state index in [1.807, 2.05) is 37.3 Å². The van der Waals surface area contributed by atoms with E-state index in [2.05, 4.69) is 9.24 Å². The molecule has 1 aromatic heterocycles. The number of hydrogen-bond acceptors (Lipinski definition) is 5. The lowest BCUT2D eigenvalue weighted by atomic mass is 9.90. The molecule has 2 N–H and O–H groups in total. The molecule has 1 amide bonds. The summed E-state index contributed by atoms with van der Waals surface area (Å²) < 4.78 is 43.2. The molecule has 0 saturated carbocycles. The highest BCUT2D eigenvalue weighted by atomic mass is 31.0. The molecule has 1 aliphatic carbocycles. The van der Waals surface area contributed by atoms with Crippen molar-refractivity contribution in [3.05, 3.63) is 93.6 Å². The Morgan fingerprint density at radius 2 is 1.73 bits per heavy atom. The molecule has 6 nitrogen and oxygen atoms in total. The Hall–Kier alpha value is -3.97. The molecule has 212 valence electrons. The van der Waals surface area contributed by atoms with Crippen molar-refractivity contribution >= 4 is 26.3 Å². The maximum atomic E-state index is 14.8. The third-order valence-corrected chi connectivity index (χ3v) is 8.12. The van der Waals surface area contributed by atoms with Crippen molar-refractivity contribution in [2.75, 3.05) is 11.4 Å². The minimum atomic E-state index is -1.61. The molecular weight excluding hydrogens is 550 g/mol. The van der Waals surface area contributed by atoms with Gasteiger partial charge in [0.15, 0.2) is 34.8 Å². The SMILES string of the molecule is CCCN(C(=O)Cc1c(C)c(P)c(F)c(F)c1F)c1nc2c(nc1Cc1ccccc1)-c1ccc(O)c(O)c1CC2. The van der Waals surface area contributed by atoms with E-state index in [1.165, 1.54) is 17.9 Å². The zero-order chi connectivity index (χ0) is 29.4. The molecule has 0 saturated heterocycles.